The van der Waals surface area contributed by atoms with Gasteiger partial charge in [-0.2, -0.15) is 0 Å². The molecule has 1 aliphatic rings. The first-order valence-electron chi connectivity index (χ1n) is 6.56. The molecule has 1 aliphatic heterocycles. The number of benzene rings is 1. The molecule has 0 bridgehead atoms. The number of aromatic nitrogens is 2. The molecule has 0 saturated carbocycles. The number of nitrogens with one attached hydrogen (secondary N) is 1. The Bertz CT molecular complexity index is 610. The van der Waals surface area contributed by atoms with Crippen LogP contribution in [0.3, 0.4) is 0 Å². The normalized spacial score (nSPS) is 13.6. The van der Waals surface area contributed by atoms with Gasteiger partial charge in [0.05, 0.1) is 12.3 Å². The molecular weight excluding hydrogens is 238 g/mol. The van der Waals surface area contributed by atoms with Crippen molar-refractivity contribution >= 4 is 5.95 Å². The van der Waals surface area contributed by atoms with Crippen LogP contribution in [-0.4, -0.2) is 23.6 Å². The number of hydrogen-bond acceptors (Lipinski definition) is 4. The van der Waals surface area contributed by atoms with Gasteiger partial charge < -0.3 is 10.1 Å². The lowest BCUT2D eigenvalue weighted by Gasteiger charge is -2.20. The molecule has 98 valence electrons. The van der Waals surface area contributed by atoms with E-state index in [1.54, 1.807) is 0 Å². The van der Waals surface area contributed by atoms with E-state index in [1.807, 2.05) is 20.2 Å². The Morgan fingerprint density at radius 3 is 3.05 bits per heavy atom. The minimum atomic E-state index is 0.633. The van der Waals surface area contributed by atoms with Crippen molar-refractivity contribution in [2.45, 2.75) is 19.8 Å². The summed E-state index contributed by atoms with van der Waals surface area (Å²) in [6.45, 7) is 2.81. The number of ether oxygens (including phenoxy) is 1. The SMILES string of the molecule is CNc1ncc(C)c(-c2cccc3c2OCCC3)n1. The molecule has 0 fully saturated rings. The maximum atomic E-state index is 5.86. The van der Waals surface area contributed by atoms with Gasteiger partial charge >= 0.3 is 0 Å². The summed E-state index contributed by atoms with van der Waals surface area (Å²) in [6, 6.07) is 6.27. The molecule has 0 radical (unpaired) electrons. The highest BCUT2D eigenvalue weighted by Gasteiger charge is 2.17. The number of nitrogens with zero attached hydrogens (tertiary/aromatic N) is 2. The average Bonchev–Trinajstić information content (AvgIpc) is 2.47. The van der Waals surface area contributed by atoms with Gasteiger partial charge in [0.2, 0.25) is 5.95 Å². The highest BCUT2D eigenvalue weighted by atomic mass is 16.5. The van der Waals surface area contributed by atoms with Crippen molar-refractivity contribution in [3.05, 3.63) is 35.5 Å². The second-order valence-corrected chi connectivity index (χ2v) is 4.72. The van der Waals surface area contributed by atoms with E-state index >= 15 is 0 Å². The monoisotopic (exact) mass is 255 g/mol. The first-order chi connectivity index (χ1) is 9.29. The molecule has 0 amide bonds. The summed E-state index contributed by atoms with van der Waals surface area (Å²) in [7, 11) is 1.82. The topological polar surface area (TPSA) is 47.0 Å². The van der Waals surface area contributed by atoms with E-state index in [0.717, 1.165) is 42.0 Å². The third-order valence-electron chi connectivity index (χ3n) is 3.38. The number of fused-ring (bicyclic) bond motifs is 1. The van der Waals surface area contributed by atoms with Crippen LogP contribution in [0.2, 0.25) is 0 Å². The fraction of sp³-hybridized carbons (Fsp3) is 0.333. The van der Waals surface area contributed by atoms with Crippen LogP contribution in [-0.2, 0) is 6.42 Å². The summed E-state index contributed by atoms with van der Waals surface area (Å²) in [6.07, 6.45) is 4.00. The Balaban J connectivity index is 2.16. The maximum Gasteiger partial charge on any atom is 0.222 e. The molecule has 0 spiro atoms. The molecule has 0 unspecified atom stereocenters. The zero-order valence-corrected chi connectivity index (χ0v) is 11.2. The molecule has 1 N–H and O–H groups in total. The van der Waals surface area contributed by atoms with E-state index in [1.165, 1.54) is 5.56 Å². The molecule has 1 aromatic carbocycles. The van der Waals surface area contributed by atoms with Gasteiger partial charge in [-0.3, -0.25) is 0 Å². The van der Waals surface area contributed by atoms with E-state index in [2.05, 4.69) is 33.5 Å². The van der Waals surface area contributed by atoms with Crippen LogP contribution in [0.25, 0.3) is 11.3 Å². The summed E-state index contributed by atoms with van der Waals surface area (Å²) in [5.74, 6) is 1.62. The van der Waals surface area contributed by atoms with Gasteiger partial charge in [-0.25, -0.2) is 9.97 Å². The average molecular weight is 255 g/mol. The Hall–Kier alpha value is -2.10. The summed E-state index contributed by atoms with van der Waals surface area (Å²) >= 11 is 0. The smallest absolute Gasteiger partial charge is 0.222 e. The zero-order valence-electron chi connectivity index (χ0n) is 11.2. The fourth-order valence-electron chi connectivity index (χ4n) is 2.41. The molecular formula is C15H17N3O. The van der Waals surface area contributed by atoms with E-state index in [0.29, 0.717) is 5.95 Å². The third-order valence-corrected chi connectivity index (χ3v) is 3.38. The Labute approximate surface area is 112 Å². The Morgan fingerprint density at radius 2 is 2.21 bits per heavy atom. The summed E-state index contributed by atoms with van der Waals surface area (Å²) in [4.78, 5) is 8.80. The molecule has 19 heavy (non-hydrogen) atoms. The summed E-state index contributed by atoms with van der Waals surface area (Å²) in [5, 5.41) is 2.98. The van der Waals surface area contributed by atoms with Gasteiger partial charge in [-0.15, -0.1) is 0 Å². The molecule has 0 aliphatic carbocycles. The number of rotatable bonds is 2. The Kier molecular flexibility index (Phi) is 3.07. The molecule has 3 rings (SSSR count). The number of hydrogen-bond donors (Lipinski definition) is 1. The first kappa shape index (κ1) is 12.0. The van der Waals surface area contributed by atoms with Gasteiger partial charge in [-0.1, -0.05) is 12.1 Å². The minimum absolute atomic E-state index is 0.633. The molecule has 0 atom stereocenters. The molecule has 4 nitrogen and oxygen atoms in total. The van der Waals surface area contributed by atoms with Crippen molar-refractivity contribution in [3.63, 3.8) is 0 Å². The lowest BCUT2D eigenvalue weighted by Crippen LogP contribution is -2.10. The molecule has 2 heterocycles. The van der Waals surface area contributed by atoms with E-state index in [9.17, 15) is 0 Å². The van der Waals surface area contributed by atoms with E-state index in [4.69, 9.17) is 4.74 Å². The van der Waals surface area contributed by atoms with Crippen LogP contribution < -0.4 is 10.1 Å². The predicted octanol–water partition coefficient (Wildman–Crippen LogP) is 2.82. The van der Waals surface area contributed by atoms with Gasteiger partial charge in [0.15, 0.2) is 0 Å². The lowest BCUT2D eigenvalue weighted by atomic mass is 9.99. The second-order valence-electron chi connectivity index (χ2n) is 4.72. The van der Waals surface area contributed by atoms with Crippen molar-refractivity contribution in [1.29, 1.82) is 0 Å². The highest BCUT2D eigenvalue weighted by molar-refractivity contribution is 5.72. The van der Waals surface area contributed by atoms with Crippen LogP contribution in [0.4, 0.5) is 5.95 Å². The van der Waals surface area contributed by atoms with Gasteiger partial charge in [-0.05, 0) is 37.0 Å². The largest absolute Gasteiger partial charge is 0.493 e. The number of para-hydroxylation sites is 1. The lowest BCUT2D eigenvalue weighted by molar-refractivity contribution is 0.289. The predicted molar refractivity (Wildman–Crippen MR) is 75.6 cm³/mol. The third kappa shape index (κ3) is 2.14. The van der Waals surface area contributed by atoms with Gasteiger partial charge in [0, 0.05) is 18.8 Å². The Morgan fingerprint density at radius 1 is 1.32 bits per heavy atom. The first-order valence-corrected chi connectivity index (χ1v) is 6.56. The maximum absolute atomic E-state index is 5.86. The van der Waals surface area contributed by atoms with E-state index < -0.39 is 0 Å². The zero-order chi connectivity index (χ0) is 13.2. The fourth-order valence-corrected chi connectivity index (χ4v) is 2.41. The summed E-state index contributed by atoms with van der Waals surface area (Å²) < 4.78 is 5.86. The minimum Gasteiger partial charge on any atom is -0.493 e. The number of aryl methyl sites for hydroxylation is 2. The van der Waals surface area contributed by atoms with Crippen molar-refractivity contribution in [1.82, 2.24) is 9.97 Å². The van der Waals surface area contributed by atoms with Crippen molar-refractivity contribution in [2.75, 3.05) is 19.0 Å². The second kappa shape index (κ2) is 4.88. The van der Waals surface area contributed by atoms with Crippen molar-refractivity contribution in [2.24, 2.45) is 0 Å². The van der Waals surface area contributed by atoms with Gasteiger partial charge in [0.25, 0.3) is 0 Å². The van der Waals surface area contributed by atoms with Crippen LogP contribution in [0.1, 0.15) is 17.5 Å². The molecule has 0 saturated heterocycles. The standard InChI is InChI=1S/C15H17N3O/c1-10-9-17-15(16-2)18-13(10)12-7-3-5-11-6-4-8-19-14(11)12/h3,5,7,9H,4,6,8H2,1-2H3,(H,16,17,18). The van der Waals surface area contributed by atoms with Crippen LogP contribution >= 0.6 is 0 Å². The van der Waals surface area contributed by atoms with Crippen LogP contribution in [0.5, 0.6) is 5.75 Å². The van der Waals surface area contributed by atoms with Crippen molar-refractivity contribution < 1.29 is 4.74 Å². The van der Waals surface area contributed by atoms with E-state index in [-0.39, 0.29) is 0 Å². The molecule has 2 aromatic rings. The molecule has 4 heteroatoms. The van der Waals surface area contributed by atoms with Crippen molar-refractivity contribution in [3.8, 4) is 17.0 Å². The van der Waals surface area contributed by atoms with Gasteiger partial charge in [0.1, 0.15) is 5.75 Å². The molecule has 1 aromatic heterocycles. The summed E-state index contributed by atoms with van der Waals surface area (Å²) in [5.41, 5.74) is 4.33. The van der Waals surface area contributed by atoms with Crippen LogP contribution in [0, 0.1) is 6.92 Å². The quantitative estimate of drug-likeness (QED) is 0.896. The van der Waals surface area contributed by atoms with Crippen LogP contribution in [0.15, 0.2) is 24.4 Å². The highest BCUT2D eigenvalue weighted by Crippen LogP contribution is 2.36. The number of anilines is 1.